The van der Waals surface area contributed by atoms with Crippen molar-refractivity contribution in [3.63, 3.8) is 0 Å². The van der Waals surface area contributed by atoms with Gasteiger partial charge in [0.2, 0.25) is 0 Å². The van der Waals surface area contributed by atoms with Gasteiger partial charge in [-0.25, -0.2) is 0 Å². The molecule has 1 aromatic rings. The lowest BCUT2D eigenvalue weighted by Crippen LogP contribution is -2.28. The number of aliphatic carboxylic acids is 1. The molecule has 0 amide bonds. The standard InChI is InChI=1S/C7H8.C4H8O5S/c1-7-5-3-2-4-6-7;1-2-3(4(5)6)10(7,8)9/h2-6H,1H3;3H,2H2,1H3,(H,5,6)(H,7,8,9). The van der Waals surface area contributed by atoms with E-state index in [1.165, 1.54) is 12.5 Å². The molecule has 1 aromatic carbocycles. The van der Waals surface area contributed by atoms with Crippen LogP contribution < -0.4 is 0 Å². The van der Waals surface area contributed by atoms with Crippen LogP contribution in [-0.2, 0) is 14.9 Å². The molecule has 17 heavy (non-hydrogen) atoms. The maximum Gasteiger partial charge on any atom is 0.324 e. The first-order valence-corrected chi connectivity index (χ1v) is 6.50. The molecule has 0 heterocycles. The van der Waals surface area contributed by atoms with E-state index in [1.807, 2.05) is 18.2 Å². The second-order valence-electron chi connectivity index (χ2n) is 3.40. The van der Waals surface area contributed by atoms with Gasteiger partial charge in [-0.3, -0.25) is 9.35 Å². The zero-order chi connectivity index (χ0) is 13.5. The Morgan fingerprint density at radius 3 is 1.88 bits per heavy atom. The van der Waals surface area contributed by atoms with Crippen LogP contribution in [0.3, 0.4) is 0 Å². The van der Waals surface area contributed by atoms with E-state index in [1.54, 1.807) is 0 Å². The Balaban J connectivity index is 0.000000318. The number of carboxylic acids is 1. The van der Waals surface area contributed by atoms with Gasteiger partial charge >= 0.3 is 5.97 Å². The maximum atomic E-state index is 10.2. The monoisotopic (exact) mass is 260 g/mol. The van der Waals surface area contributed by atoms with Gasteiger partial charge in [-0.1, -0.05) is 42.8 Å². The van der Waals surface area contributed by atoms with Crippen molar-refractivity contribution in [2.75, 3.05) is 0 Å². The summed E-state index contributed by atoms with van der Waals surface area (Å²) in [6.07, 6.45) is -0.131. The Bertz CT molecular complexity index is 438. The predicted molar refractivity (Wildman–Crippen MR) is 64.4 cm³/mol. The minimum Gasteiger partial charge on any atom is -0.480 e. The molecule has 1 unspecified atom stereocenters. The highest BCUT2D eigenvalue weighted by Gasteiger charge is 2.28. The second-order valence-corrected chi connectivity index (χ2v) is 5.00. The average Bonchev–Trinajstić information content (AvgIpc) is 2.17. The van der Waals surface area contributed by atoms with Crippen LogP contribution in [0.2, 0.25) is 0 Å². The minimum absolute atomic E-state index is 0.131. The number of carbonyl (C=O) groups is 1. The Kier molecular flexibility index (Phi) is 6.45. The number of rotatable bonds is 3. The topological polar surface area (TPSA) is 91.7 Å². The van der Waals surface area contributed by atoms with Gasteiger partial charge in [0.05, 0.1) is 0 Å². The zero-order valence-corrected chi connectivity index (χ0v) is 10.5. The molecule has 6 heteroatoms. The van der Waals surface area contributed by atoms with Crippen LogP contribution in [-0.4, -0.2) is 29.3 Å². The summed E-state index contributed by atoms with van der Waals surface area (Å²) in [4.78, 5) is 10.0. The lowest BCUT2D eigenvalue weighted by molar-refractivity contribution is -0.136. The highest BCUT2D eigenvalue weighted by molar-refractivity contribution is 7.87. The van der Waals surface area contributed by atoms with Gasteiger partial charge in [-0.15, -0.1) is 0 Å². The SMILES string of the molecule is CCC(C(=O)O)S(=O)(=O)O.Cc1ccccc1. The molecule has 5 nitrogen and oxygen atoms in total. The molecule has 0 radical (unpaired) electrons. The van der Waals surface area contributed by atoms with E-state index in [-0.39, 0.29) is 6.42 Å². The Labute approximate surface area is 101 Å². The molecule has 0 saturated heterocycles. The first-order valence-electron chi connectivity index (χ1n) is 4.99. The van der Waals surface area contributed by atoms with Crippen LogP contribution in [0.5, 0.6) is 0 Å². The number of aryl methyl sites for hydroxylation is 1. The van der Waals surface area contributed by atoms with Gasteiger partial charge in [-0.2, -0.15) is 8.42 Å². The molecule has 0 fully saturated rings. The minimum atomic E-state index is -4.41. The Hall–Kier alpha value is -1.40. The first-order chi connectivity index (χ1) is 7.79. The van der Waals surface area contributed by atoms with E-state index in [0.29, 0.717) is 0 Å². The van der Waals surface area contributed by atoms with Crippen LogP contribution in [0, 0.1) is 6.92 Å². The molecular formula is C11H16O5S. The van der Waals surface area contributed by atoms with Crippen LogP contribution in [0.4, 0.5) is 0 Å². The largest absolute Gasteiger partial charge is 0.480 e. The van der Waals surface area contributed by atoms with Crippen molar-refractivity contribution < 1.29 is 22.9 Å². The van der Waals surface area contributed by atoms with Crippen molar-refractivity contribution in [3.8, 4) is 0 Å². The van der Waals surface area contributed by atoms with E-state index < -0.39 is 21.3 Å². The fraction of sp³-hybridized carbons (Fsp3) is 0.364. The van der Waals surface area contributed by atoms with Crippen molar-refractivity contribution in [1.82, 2.24) is 0 Å². The van der Waals surface area contributed by atoms with Crippen molar-refractivity contribution in [1.29, 1.82) is 0 Å². The summed E-state index contributed by atoms with van der Waals surface area (Å²) < 4.78 is 28.6. The van der Waals surface area contributed by atoms with Crippen molar-refractivity contribution in [3.05, 3.63) is 35.9 Å². The van der Waals surface area contributed by atoms with Crippen LogP contribution >= 0.6 is 0 Å². The van der Waals surface area contributed by atoms with Gasteiger partial charge in [0.1, 0.15) is 0 Å². The van der Waals surface area contributed by atoms with E-state index in [4.69, 9.17) is 9.66 Å². The fourth-order valence-corrected chi connectivity index (χ4v) is 1.72. The quantitative estimate of drug-likeness (QED) is 0.807. The van der Waals surface area contributed by atoms with E-state index in [9.17, 15) is 13.2 Å². The number of hydrogen-bond acceptors (Lipinski definition) is 3. The number of benzene rings is 1. The summed E-state index contributed by atoms with van der Waals surface area (Å²) in [6.45, 7) is 3.45. The summed E-state index contributed by atoms with van der Waals surface area (Å²) >= 11 is 0. The molecule has 0 saturated carbocycles. The summed E-state index contributed by atoms with van der Waals surface area (Å²) in [6, 6.07) is 10.3. The summed E-state index contributed by atoms with van der Waals surface area (Å²) in [5, 5.41) is 6.48. The third kappa shape index (κ3) is 6.70. The Morgan fingerprint density at radius 1 is 1.29 bits per heavy atom. The molecule has 0 spiro atoms. The van der Waals surface area contributed by atoms with Crippen LogP contribution in [0.1, 0.15) is 18.9 Å². The van der Waals surface area contributed by atoms with E-state index in [2.05, 4.69) is 19.1 Å². The molecule has 0 aromatic heterocycles. The lowest BCUT2D eigenvalue weighted by Gasteiger charge is -2.03. The van der Waals surface area contributed by atoms with Gasteiger partial charge in [0, 0.05) is 0 Å². The van der Waals surface area contributed by atoms with Gasteiger partial charge < -0.3 is 5.11 Å². The van der Waals surface area contributed by atoms with Crippen molar-refractivity contribution in [2.24, 2.45) is 0 Å². The van der Waals surface area contributed by atoms with Gasteiger partial charge in [-0.05, 0) is 13.3 Å². The van der Waals surface area contributed by atoms with Crippen molar-refractivity contribution in [2.45, 2.75) is 25.5 Å². The average molecular weight is 260 g/mol. The maximum absolute atomic E-state index is 10.2. The molecule has 2 N–H and O–H groups in total. The number of hydrogen-bond donors (Lipinski definition) is 2. The van der Waals surface area contributed by atoms with Crippen LogP contribution in [0.25, 0.3) is 0 Å². The lowest BCUT2D eigenvalue weighted by atomic mass is 10.2. The molecule has 0 aliphatic rings. The second kappa shape index (κ2) is 7.03. The van der Waals surface area contributed by atoms with Crippen molar-refractivity contribution >= 4 is 16.1 Å². The third-order valence-electron chi connectivity index (χ3n) is 1.95. The number of carboxylic acid groups (broad SMARTS) is 1. The molecule has 0 aliphatic heterocycles. The van der Waals surface area contributed by atoms with Gasteiger partial charge in [0.25, 0.3) is 10.1 Å². The van der Waals surface area contributed by atoms with E-state index >= 15 is 0 Å². The van der Waals surface area contributed by atoms with Gasteiger partial charge in [0.15, 0.2) is 5.25 Å². The highest BCUT2D eigenvalue weighted by atomic mass is 32.2. The molecule has 0 aliphatic carbocycles. The predicted octanol–water partition coefficient (Wildman–Crippen LogP) is 1.73. The summed E-state index contributed by atoms with van der Waals surface area (Å²) in [7, 11) is -4.41. The van der Waals surface area contributed by atoms with E-state index in [0.717, 1.165) is 0 Å². The molecular weight excluding hydrogens is 244 g/mol. The smallest absolute Gasteiger partial charge is 0.324 e. The first kappa shape index (κ1) is 15.6. The molecule has 1 atom stereocenters. The highest BCUT2D eigenvalue weighted by Crippen LogP contribution is 2.02. The normalized spacial score (nSPS) is 12.2. The fourth-order valence-electron chi connectivity index (χ4n) is 1.05. The summed E-state index contributed by atoms with van der Waals surface area (Å²) in [5.74, 6) is -1.52. The molecule has 0 bridgehead atoms. The van der Waals surface area contributed by atoms with Crippen LogP contribution in [0.15, 0.2) is 30.3 Å². The Morgan fingerprint density at radius 2 is 1.76 bits per heavy atom. The summed E-state index contributed by atoms with van der Waals surface area (Å²) in [5.41, 5.74) is 1.32. The molecule has 1 rings (SSSR count). The zero-order valence-electron chi connectivity index (χ0n) is 9.70. The third-order valence-corrected chi connectivity index (χ3v) is 3.20. The molecule has 96 valence electrons.